The largest absolute Gasteiger partial charge is 0.358 e. The molecule has 2 N–H and O–H groups in total. The lowest BCUT2D eigenvalue weighted by Gasteiger charge is -2.23. The van der Waals surface area contributed by atoms with E-state index in [0.717, 1.165) is 19.3 Å². The first-order valence-corrected chi connectivity index (χ1v) is 5.79. The van der Waals surface area contributed by atoms with Crippen molar-refractivity contribution in [3.63, 3.8) is 0 Å². The highest BCUT2D eigenvalue weighted by Crippen LogP contribution is 2.17. The number of hydrogen-bond acceptors (Lipinski definition) is 2. The first-order chi connectivity index (χ1) is 7.36. The minimum absolute atomic E-state index is 0.0475. The molecular formula is C12H18N2O. The summed E-state index contributed by atoms with van der Waals surface area (Å²) in [6.07, 6.45) is 12.7. The maximum Gasteiger partial charge on any atom is 0.267 e. The van der Waals surface area contributed by atoms with Gasteiger partial charge in [-0.3, -0.25) is 4.79 Å². The number of allylic oxidation sites excluding steroid dienone is 2. The molecule has 15 heavy (non-hydrogen) atoms. The molecule has 3 nitrogen and oxygen atoms in total. The van der Waals surface area contributed by atoms with E-state index < -0.39 is 0 Å². The fourth-order valence-corrected chi connectivity index (χ4v) is 2.13. The topological polar surface area (TPSA) is 41.1 Å². The van der Waals surface area contributed by atoms with E-state index in [1.165, 1.54) is 19.3 Å². The molecule has 1 fully saturated rings. The Kier molecular flexibility index (Phi) is 3.43. The molecule has 0 aromatic rings. The van der Waals surface area contributed by atoms with Gasteiger partial charge in [-0.2, -0.15) is 0 Å². The first kappa shape index (κ1) is 10.3. The van der Waals surface area contributed by atoms with Gasteiger partial charge in [0.2, 0.25) is 0 Å². The van der Waals surface area contributed by atoms with Crippen LogP contribution >= 0.6 is 0 Å². The predicted molar refractivity (Wildman–Crippen MR) is 60.0 cm³/mol. The van der Waals surface area contributed by atoms with E-state index in [-0.39, 0.29) is 5.91 Å². The van der Waals surface area contributed by atoms with Gasteiger partial charge in [0, 0.05) is 6.04 Å². The number of carbonyl (C=O) groups is 1. The summed E-state index contributed by atoms with van der Waals surface area (Å²) in [5.41, 5.74) is 0.697. The number of nitrogens with one attached hydrogen (secondary N) is 2. The summed E-state index contributed by atoms with van der Waals surface area (Å²) in [4.78, 5) is 11.8. The van der Waals surface area contributed by atoms with E-state index in [4.69, 9.17) is 0 Å². The standard InChI is InChI=1S/C12H18N2O/c15-12(11-8-4-5-9-13-11)14-10-6-2-1-3-7-10/h5,8-10,13H,1-4,6-7H2,(H,14,15). The molecular weight excluding hydrogens is 188 g/mol. The Balaban J connectivity index is 1.83. The highest BCUT2D eigenvalue weighted by Gasteiger charge is 2.17. The van der Waals surface area contributed by atoms with E-state index >= 15 is 0 Å². The van der Waals surface area contributed by atoms with Crippen LogP contribution < -0.4 is 10.6 Å². The SMILES string of the molecule is O=C(NC1CCCCC1)C1=CCC=CN1. The van der Waals surface area contributed by atoms with Crippen molar-refractivity contribution in [1.29, 1.82) is 0 Å². The third-order valence-electron chi connectivity index (χ3n) is 3.00. The van der Waals surface area contributed by atoms with E-state index in [1.54, 1.807) is 0 Å². The Hall–Kier alpha value is -1.25. The van der Waals surface area contributed by atoms with E-state index in [9.17, 15) is 4.79 Å². The Morgan fingerprint density at radius 1 is 1.33 bits per heavy atom. The van der Waals surface area contributed by atoms with Crippen LogP contribution in [0.15, 0.2) is 24.0 Å². The average Bonchev–Trinajstić information content (AvgIpc) is 2.31. The molecule has 2 rings (SSSR count). The smallest absolute Gasteiger partial charge is 0.267 e. The molecule has 0 aromatic carbocycles. The van der Waals surface area contributed by atoms with E-state index in [2.05, 4.69) is 10.6 Å². The van der Waals surface area contributed by atoms with Gasteiger partial charge in [-0.15, -0.1) is 0 Å². The van der Waals surface area contributed by atoms with Crippen molar-refractivity contribution >= 4 is 5.91 Å². The first-order valence-electron chi connectivity index (χ1n) is 5.79. The Morgan fingerprint density at radius 2 is 2.13 bits per heavy atom. The van der Waals surface area contributed by atoms with Gasteiger partial charge in [-0.05, 0) is 25.5 Å². The Morgan fingerprint density at radius 3 is 2.80 bits per heavy atom. The third-order valence-corrected chi connectivity index (χ3v) is 3.00. The molecule has 1 aliphatic heterocycles. The second kappa shape index (κ2) is 5.01. The second-order valence-corrected chi connectivity index (χ2v) is 4.21. The maximum atomic E-state index is 11.8. The highest BCUT2D eigenvalue weighted by molar-refractivity contribution is 5.93. The molecule has 0 aromatic heterocycles. The summed E-state index contributed by atoms with van der Waals surface area (Å²) in [7, 11) is 0. The second-order valence-electron chi connectivity index (χ2n) is 4.21. The van der Waals surface area contributed by atoms with Gasteiger partial charge < -0.3 is 10.6 Å². The Bertz CT molecular complexity index is 288. The number of carbonyl (C=O) groups excluding carboxylic acids is 1. The summed E-state index contributed by atoms with van der Waals surface area (Å²) in [5.74, 6) is 0.0475. The van der Waals surface area contributed by atoms with Crippen LogP contribution in [0, 0.1) is 0 Å². The van der Waals surface area contributed by atoms with Crippen molar-refractivity contribution in [2.24, 2.45) is 0 Å². The molecule has 0 atom stereocenters. The molecule has 0 radical (unpaired) electrons. The minimum atomic E-state index is 0.0475. The summed E-state index contributed by atoms with van der Waals surface area (Å²) >= 11 is 0. The molecule has 0 unspecified atom stereocenters. The quantitative estimate of drug-likeness (QED) is 0.723. The summed E-state index contributed by atoms with van der Waals surface area (Å²) < 4.78 is 0. The lowest BCUT2D eigenvalue weighted by Crippen LogP contribution is -2.39. The molecule has 0 saturated heterocycles. The van der Waals surface area contributed by atoms with Crippen molar-refractivity contribution in [2.75, 3.05) is 0 Å². The molecule has 1 amide bonds. The van der Waals surface area contributed by atoms with Gasteiger partial charge >= 0.3 is 0 Å². The number of hydrogen-bond donors (Lipinski definition) is 2. The van der Waals surface area contributed by atoms with Gasteiger partial charge in [0.05, 0.1) is 0 Å². The van der Waals surface area contributed by atoms with Crippen molar-refractivity contribution in [1.82, 2.24) is 10.6 Å². The summed E-state index contributed by atoms with van der Waals surface area (Å²) in [6, 6.07) is 0.389. The molecule has 0 spiro atoms. The van der Waals surface area contributed by atoms with Crippen LogP contribution in [0.1, 0.15) is 38.5 Å². The van der Waals surface area contributed by atoms with E-state index in [1.807, 2.05) is 18.4 Å². The highest BCUT2D eigenvalue weighted by atomic mass is 16.2. The van der Waals surface area contributed by atoms with Crippen LogP contribution in [-0.2, 0) is 4.79 Å². The van der Waals surface area contributed by atoms with Gasteiger partial charge in [0.25, 0.3) is 5.91 Å². The summed E-state index contributed by atoms with van der Waals surface area (Å²) in [5, 5.41) is 6.06. The van der Waals surface area contributed by atoms with Gasteiger partial charge in [-0.1, -0.05) is 31.4 Å². The molecule has 3 heteroatoms. The minimum Gasteiger partial charge on any atom is -0.358 e. The fourth-order valence-electron chi connectivity index (χ4n) is 2.13. The zero-order valence-corrected chi connectivity index (χ0v) is 8.96. The summed E-state index contributed by atoms with van der Waals surface area (Å²) in [6.45, 7) is 0. The average molecular weight is 206 g/mol. The van der Waals surface area contributed by atoms with Gasteiger partial charge in [0.15, 0.2) is 0 Å². The van der Waals surface area contributed by atoms with Crippen LogP contribution in [0.5, 0.6) is 0 Å². The van der Waals surface area contributed by atoms with Crippen LogP contribution in [0.25, 0.3) is 0 Å². The number of rotatable bonds is 2. The van der Waals surface area contributed by atoms with Crippen LogP contribution in [-0.4, -0.2) is 11.9 Å². The monoisotopic (exact) mass is 206 g/mol. The number of dihydropyridines is 1. The molecule has 0 bridgehead atoms. The molecule has 1 heterocycles. The third kappa shape index (κ3) is 2.85. The lowest BCUT2D eigenvalue weighted by molar-refractivity contribution is -0.118. The zero-order chi connectivity index (χ0) is 10.5. The number of amides is 1. The predicted octanol–water partition coefficient (Wildman–Crippen LogP) is 1.83. The van der Waals surface area contributed by atoms with E-state index in [0.29, 0.717) is 11.7 Å². The Labute approximate surface area is 90.6 Å². The molecule has 1 aliphatic carbocycles. The van der Waals surface area contributed by atoms with Gasteiger partial charge in [0.1, 0.15) is 5.70 Å². The van der Waals surface area contributed by atoms with Crippen molar-refractivity contribution in [3.8, 4) is 0 Å². The van der Waals surface area contributed by atoms with Crippen LogP contribution in [0.2, 0.25) is 0 Å². The zero-order valence-electron chi connectivity index (χ0n) is 8.96. The van der Waals surface area contributed by atoms with Crippen molar-refractivity contribution in [2.45, 2.75) is 44.6 Å². The fraction of sp³-hybridized carbons (Fsp3) is 0.583. The molecule has 1 saturated carbocycles. The molecule has 82 valence electrons. The lowest BCUT2D eigenvalue weighted by atomic mass is 9.95. The van der Waals surface area contributed by atoms with Crippen molar-refractivity contribution < 1.29 is 4.79 Å². The van der Waals surface area contributed by atoms with Crippen LogP contribution in [0.3, 0.4) is 0 Å². The normalized spacial score (nSPS) is 21.7. The van der Waals surface area contributed by atoms with Crippen LogP contribution in [0.4, 0.5) is 0 Å². The molecule has 2 aliphatic rings. The van der Waals surface area contributed by atoms with Gasteiger partial charge in [-0.25, -0.2) is 0 Å². The maximum absolute atomic E-state index is 11.8. The van der Waals surface area contributed by atoms with Crippen molar-refractivity contribution in [3.05, 3.63) is 24.0 Å².